The van der Waals surface area contributed by atoms with Crippen molar-refractivity contribution in [3.05, 3.63) is 34.1 Å². The minimum Gasteiger partial charge on any atom is -0.338 e. The van der Waals surface area contributed by atoms with Gasteiger partial charge in [-0.15, -0.1) is 0 Å². The van der Waals surface area contributed by atoms with Gasteiger partial charge >= 0.3 is 0 Å². The fraction of sp³-hybridized carbons (Fsp3) is 0.462. The van der Waals surface area contributed by atoms with Crippen LogP contribution in [0, 0.1) is 11.7 Å². The van der Waals surface area contributed by atoms with Crippen LogP contribution in [-0.4, -0.2) is 17.4 Å². The largest absolute Gasteiger partial charge is 0.338 e. The Balaban J connectivity index is 2.12. The lowest BCUT2D eigenvalue weighted by molar-refractivity contribution is -0.138. The van der Waals surface area contributed by atoms with Crippen molar-refractivity contribution in [1.82, 2.24) is 4.90 Å². The van der Waals surface area contributed by atoms with Crippen molar-refractivity contribution in [2.45, 2.75) is 26.3 Å². The van der Waals surface area contributed by atoms with Crippen LogP contribution in [0.25, 0.3) is 0 Å². The van der Waals surface area contributed by atoms with Crippen LogP contribution in [0.3, 0.4) is 0 Å². The minimum absolute atomic E-state index is 0.0715. The summed E-state index contributed by atoms with van der Waals surface area (Å²) in [4.78, 5) is 13.7. The average molecular weight is 300 g/mol. The van der Waals surface area contributed by atoms with Gasteiger partial charge in [-0.25, -0.2) is 4.39 Å². The van der Waals surface area contributed by atoms with Crippen LogP contribution in [0.4, 0.5) is 4.39 Å². The van der Waals surface area contributed by atoms with Crippen molar-refractivity contribution >= 4 is 21.8 Å². The molecule has 1 aromatic rings. The molecule has 1 aromatic carbocycles. The van der Waals surface area contributed by atoms with Gasteiger partial charge in [-0.2, -0.15) is 0 Å². The first-order chi connectivity index (χ1) is 8.08. The number of carbonyl (C=O) groups excluding carboxylic acids is 1. The van der Waals surface area contributed by atoms with Crippen LogP contribution >= 0.6 is 15.9 Å². The number of hydrogen-bond acceptors (Lipinski definition) is 1. The van der Waals surface area contributed by atoms with Gasteiger partial charge in [0, 0.05) is 29.0 Å². The van der Waals surface area contributed by atoms with Crippen molar-refractivity contribution in [2.75, 3.05) is 6.54 Å². The molecule has 1 unspecified atom stereocenters. The van der Waals surface area contributed by atoms with Crippen molar-refractivity contribution in [3.63, 3.8) is 0 Å². The van der Waals surface area contributed by atoms with Gasteiger partial charge in [0.1, 0.15) is 5.82 Å². The lowest BCUT2D eigenvalue weighted by atomic mass is 9.98. The molecule has 0 aromatic heterocycles. The van der Waals surface area contributed by atoms with Gasteiger partial charge in [0.15, 0.2) is 0 Å². The molecular formula is C13H15BrFNO. The first-order valence-corrected chi connectivity index (χ1v) is 6.60. The normalized spacial score (nSPS) is 20.8. The summed E-state index contributed by atoms with van der Waals surface area (Å²) in [7, 11) is 0. The molecule has 1 heterocycles. The number of rotatable bonds is 2. The molecule has 0 bridgehead atoms. The zero-order valence-electron chi connectivity index (χ0n) is 9.75. The van der Waals surface area contributed by atoms with Crippen LogP contribution in [0.1, 0.15) is 25.3 Å². The predicted molar refractivity (Wildman–Crippen MR) is 67.9 cm³/mol. The summed E-state index contributed by atoms with van der Waals surface area (Å²) in [6.07, 6.45) is 1.95. The summed E-state index contributed by atoms with van der Waals surface area (Å²) < 4.78 is 14.4. The number of benzene rings is 1. The molecule has 1 atom stereocenters. The SMILES string of the molecule is CC1CCCN(Cc2ccc(Br)cc2F)C1=O. The van der Waals surface area contributed by atoms with Gasteiger partial charge in [0.2, 0.25) is 5.91 Å². The van der Waals surface area contributed by atoms with Gasteiger partial charge in [0.05, 0.1) is 0 Å². The van der Waals surface area contributed by atoms with Crippen molar-refractivity contribution in [2.24, 2.45) is 5.92 Å². The van der Waals surface area contributed by atoms with Crippen LogP contribution in [-0.2, 0) is 11.3 Å². The molecule has 17 heavy (non-hydrogen) atoms. The fourth-order valence-electron chi connectivity index (χ4n) is 2.15. The van der Waals surface area contributed by atoms with Gasteiger partial charge in [-0.3, -0.25) is 4.79 Å². The van der Waals surface area contributed by atoms with E-state index in [1.807, 2.05) is 6.92 Å². The quantitative estimate of drug-likeness (QED) is 0.820. The average Bonchev–Trinajstić information content (AvgIpc) is 2.28. The van der Waals surface area contributed by atoms with Gasteiger partial charge in [0.25, 0.3) is 0 Å². The van der Waals surface area contributed by atoms with Crippen molar-refractivity contribution in [3.8, 4) is 0 Å². The maximum atomic E-state index is 13.7. The first kappa shape index (κ1) is 12.6. The molecule has 0 spiro atoms. The van der Waals surface area contributed by atoms with Crippen LogP contribution in [0.5, 0.6) is 0 Å². The standard InChI is InChI=1S/C13H15BrFNO/c1-9-3-2-6-16(13(9)17)8-10-4-5-11(14)7-12(10)15/h4-5,7,9H,2-3,6,8H2,1H3. The second kappa shape index (κ2) is 5.17. The third kappa shape index (κ3) is 2.86. The summed E-state index contributed by atoms with van der Waals surface area (Å²) in [5, 5.41) is 0. The zero-order valence-corrected chi connectivity index (χ0v) is 11.3. The molecule has 4 heteroatoms. The van der Waals surface area contributed by atoms with E-state index in [4.69, 9.17) is 0 Å². The van der Waals surface area contributed by atoms with Crippen molar-refractivity contribution < 1.29 is 9.18 Å². The van der Waals surface area contributed by atoms with Gasteiger partial charge in [-0.05, 0) is 25.0 Å². The smallest absolute Gasteiger partial charge is 0.225 e. The Hall–Kier alpha value is -0.900. The Morgan fingerprint density at radius 2 is 2.29 bits per heavy atom. The summed E-state index contributed by atoms with van der Waals surface area (Å²) in [5.74, 6) is -0.0498. The highest BCUT2D eigenvalue weighted by Crippen LogP contribution is 2.22. The van der Waals surface area contributed by atoms with E-state index in [1.165, 1.54) is 6.07 Å². The molecule has 2 nitrogen and oxygen atoms in total. The predicted octanol–water partition coefficient (Wildman–Crippen LogP) is 3.35. The maximum Gasteiger partial charge on any atom is 0.225 e. The van der Waals surface area contributed by atoms with E-state index in [0.29, 0.717) is 12.1 Å². The Bertz CT molecular complexity index is 435. The second-order valence-corrected chi connectivity index (χ2v) is 5.45. The number of nitrogens with zero attached hydrogens (tertiary/aromatic N) is 1. The lowest BCUT2D eigenvalue weighted by Crippen LogP contribution is -2.39. The monoisotopic (exact) mass is 299 g/mol. The molecule has 1 aliphatic heterocycles. The number of carbonyl (C=O) groups is 1. The molecule has 92 valence electrons. The van der Waals surface area contributed by atoms with E-state index in [9.17, 15) is 9.18 Å². The molecular weight excluding hydrogens is 285 g/mol. The van der Waals surface area contributed by atoms with Crippen LogP contribution in [0.15, 0.2) is 22.7 Å². The first-order valence-electron chi connectivity index (χ1n) is 5.80. The van der Waals surface area contributed by atoms with Gasteiger partial charge in [-0.1, -0.05) is 28.9 Å². The summed E-state index contributed by atoms with van der Waals surface area (Å²) in [6.45, 7) is 3.05. The molecule has 0 saturated carbocycles. The Morgan fingerprint density at radius 1 is 1.53 bits per heavy atom. The number of hydrogen-bond donors (Lipinski definition) is 0. The summed E-state index contributed by atoms with van der Waals surface area (Å²) in [6, 6.07) is 4.97. The number of piperidine rings is 1. The van der Waals surface area contributed by atoms with Gasteiger partial charge < -0.3 is 4.90 Å². The topological polar surface area (TPSA) is 20.3 Å². The number of likely N-dealkylation sites (tertiary alicyclic amines) is 1. The molecule has 1 fully saturated rings. The highest BCUT2D eigenvalue weighted by atomic mass is 79.9. The van der Waals surface area contributed by atoms with Crippen LogP contribution < -0.4 is 0 Å². The Labute approximate surface area is 109 Å². The Morgan fingerprint density at radius 3 is 3.00 bits per heavy atom. The highest BCUT2D eigenvalue weighted by Gasteiger charge is 2.25. The van der Waals surface area contributed by atoms with E-state index in [-0.39, 0.29) is 17.6 Å². The molecule has 1 aliphatic rings. The number of amides is 1. The fourth-order valence-corrected chi connectivity index (χ4v) is 2.48. The van der Waals surface area contributed by atoms with Crippen molar-refractivity contribution in [1.29, 1.82) is 0 Å². The third-order valence-electron chi connectivity index (χ3n) is 3.17. The molecule has 0 aliphatic carbocycles. The van der Waals surface area contributed by atoms with Crippen LogP contribution in [0.2, 0.25) is 0 Å². The second-order valence-electron chi connectivity index (χ2n) is 4.54. The molecule has 0 radical (unpaired) electrons. The molecule has 2 rings (SSSR count). The highest BCUT2D eigenvalue weighted by molar-refractivity contribution is 9.10. The Kier molecular flexibility index (Phi) is 3.82. The minimum atomic E-state index is -0.259. The van der Waals surface area contributed by atoms with E-state index < -0.39 is 0 Å². The van der Waals surface area contributed by atoms with E-state index in [1.54, 1.807) is 17.0 Å². The van der Waals surface area contributed by atoms with E-state index in [2.05, 4.69) is 15.9 Å². The van der Waals surface area contributed by atoms with E-state index in [0.717, 1.165) is 23.9 Å². The summed E-state index contributed by atoms with van der Waals surface area (Å²) >= 11 is 3.22. The zero-order chi connectivity index (χ0) is 12.4. The molecule has 0 N–H and O–H groups in total. The van der Waals surface area contributed by atoms with E-state index >= 15 is 0 Å². The third-order valence-corrected chi connectivity index (χ3v) is 3.67. The molecule has 1 amide bonds. The number of halogens is 2. The lowest BCUT2D eigenvalue weighted by Gasteiger charge is -2.30. The summed E-state index contributed by atoms with van der Waals surface area (Å²) in [5.41, 5.74) is 0.579. The maximum absolute atomic E-state index is 13.7. The molecule has 1 saturated heterocycles.